The van der Waals surface area contributed by atoms with E-state index in [0.29, 0.717) is 23.8 Å². The summed E-state index contributed by atoms with van der Waals surface area (Å²) in [6.07, 6.45) is 6.04. The van der Waals surface area contributed by atoms with Crippen molar-refractivity contribution < 1.29 is 9.59 Å². The predicted octanol–water partition coefficient (Wildman–Crippen LogP) is 2.91. The van der Waals surface area contributed by atoms with E-state index in [2.05, 4.69) is 5.32 Å². The van der Waals surface area contributed by atoms with Crippen LogP contribution in [0.25, 0.3) is 0 Å². The smallest absolute Gasteiger partial charge is 0.328 e. The quantitative estimate of drug-likeness (QED) is 0.840. The van der Waals surface area contributed by atoms with E-state index in [4.69, 9.17) is 5.73 Å². The van der Waals surface area contributed by atoms with Gasteiger partial charge in [0.15, 0.2) is 0 Å². The zero-order valence-electron chi connectivity index (χ0n) is 12.5. The van der Waals surface area contributed by atoms with Crippen molar-refractivity contribution in [1.29, 1.82) is 0 Å². The van der Waals surface area contributed by atoms with Gasteiger partial charge in [-0.05, 0) is 37.0 Å². The summed E-state index contributed by atoms with van der Waals surface area (Å²) in [6.45, 7) is 2.01. The van der Waals surface area contributed by atoms with Crippen LogP contribution in [0.3, 0.4) is 0 Å². The van der Waals surface area contributed by atoms with Gasteiger partial charge in [-0.3, -0.25) is 4.79 Å². The Hall–Kier alpha value is -2.04. The Morgan fingerprint density at radius 3 is 2.62 bits per heavy atom. The molecule has 21 heavy (non-hydrogen) atoms. The van der Waals surface area contributed by atoms with Gasteiger partial charge < -0.3 is 11.1 Å². The number of benzene rings is 1. The van der Waals surface area contributed by atoms with Crippen LogP contribution >= 0.6 is 0 Å². The lowest BCUT2D eigenvalue weighted by atomic mass is 9.89. The molecule has 0 spiro atoms. The van der Waals surface area contributed by atoms with Crippen LogP contribution in [0, 0.1) is 5.92 Å². The van der Waals surface area contributed by atoms with Crippen LogP contribution in [0.15, 0.2) is 24.3 Å². The Morgan fingerprint density at radius 2 is 2.00 bits per heavy atom. The molecular formula is C16H23N3O2. The number of nitrogens with zero attached hydrogens (tertiary/aromatic N) is 1. The molecule has 5 nitrogen and oxygen atoms in total. The highest BCUT2D eigenvalue weighted by atomic mass is 16.2. The van der Waals surface area contributed by atoms with Crippen LogP contribution in [-0.2, 0) is 4.79 Å². The fourth-order valence-corrected chi connectivity index (χ4v) is 2.81. The molecule has 0 unspecified atom stereocenters. The summed E-state index contributed by atoms with van der Waals surface area (Å²) in [6, 6.07) is 6.41. The number of nitrogens with two attached hydrogens (primary N) is 1. The van der Waals surface area contributed by atoms with E-state index in [1.807, 2.05) is 0 Å². The number of nitrogen functional groups attached to an aromatic ring is 1. The monoisotopic (exact) mass is 289 g/mol. The zero-order valence-corrected chi connectivity index (χ0v) is 12.5. The summed E-state index contributed by atoms with van der Waals surface area (Å²) in [5.74, 6) is 0.207. The topological polar surface area (TPSA) is 75.4 Å². The Labute approximate surface area is 125 Å². The van der Waals surface area contributed by atoms with Crippen LogP contribution in [0.4, 0.5) is 16.2 Å². The number of carbonyl (C=O) groups is 2. The molecule has 0 radical (unpaired) electrons. The van der Waals surface area contributed by atoms with Crippen molar-refractivity contribution >= 4 is 23.3 Å². The average Bonchev–Trinajstić information content (AvgIpc) is 2.46. The fraction of sp³-hybridized carbons (Fsp3) is 0.500. The van der Waals surface area contributed by atoms with Crippen molar-refractivity contribution in [2.75, 3.05) is 17.2 Å². The van der Waals surface area contributed by atoms with Gasteiger partial charge in [-0.2, -0.15) is 0 Å². The highest BCUT2D eigenvalue weighted by Gasteiger charge is 2.21. The number of hydrogen-bond acceptors (Lipinski definition) is 3. The van der Waals surface area contributed by atoms with E-state index in [9.17, 15) is 9.59 Å². The lowest BCUT2D eigenvalue weighted by molar-refractivity contribution is -0.115. The summed E-state index contributed by atoms with van der Waals surface area (Å²) in [5.41, 5.74) is 6.75. The molecule has 0 heterocycles. The van der Waals surface area contributed by atoms with Crippen molar-refractivity contribution in [2.24, 2.45) is 5.92 Å². The second-order valence-electron chi connectivity index (χ2n) is 5.64. The summed E-state index contributed by atoms with van der Waals surface area (Å²) in [4.78, 5) is 25.2. The average molecular weight is 289 g/mol. The van der Waals surface area contributed by atoms with Gasteiger partial charge in [-0.25, -0.2) is 9.69 Å². The molecule has 0 atom stereocenters. The first-order chi connectivity index (χ1) is 10.1. The Morgan fingerprint density at radius 1 is 1.29 bits per heavy atom. The maximum absolute atomic E-state index is 12.3. The van der Waals surface area contributed by atoms with E-state index < -0.39 is 0 Å². The maximum atomic E-state index is 12.3. The third kappa shape index (κ3) is 4.21. The molecule has 0 aromatic heterocycles. The van der Waals surface area contributed by atoms with E-state index in [1.165, 1.54) is 26.2 Å². The van der Waals surface area contributed by atoms with Crippen molar-refractivity contribution in [3.05, 3.63) is 24.3 Å². The van der Waals surface area contributed by atoms with Gasteiger partial charge in [0.2, 0.25) is 5.91 Å². The molecular weight excluding hydrogens is 266 g/mol. The fourth-order valence-electron chi connectivity index (χ4n) is 2.81. The Balaban J connectivity index is 2.00. The highest BCUT2D eigenvalue weighted by molar-refractivity contribution is 6.13. The van der Waals surface area contributed by atoms with E-state index >= 15 is 0 Å². The molecule has 1 saturated carbocycles. The second kappa shape index (κ2) is 7.11. The van der Waals surface area contributed by atoms with Gasteiger partial charge >= 0.3 is 6.03 Å². The molecule has 0 aliphatic heterocycles. The van der Waals surface area contributed by atoms with Gasteiger partial charge in [0.1, 0.15) is 0 Å². The van der Waals surface area contributed by atoms with Gasteiger partial charge in [0.25, 0.3) is 0 Å². The van der Waals surface area contributed by atoms with Crippen LogP contribution in [0.5, 0.6) is 0 Å². The minimum absolute atomic E-state index is 0.318. The summed E-state index contributed by atoms with van der Waals surface area (Å²) in [5, 5.41) is 2.88. The first-order valence-corrected chi connectivity index (χ1v) is 7.52. The first-order valence-electron chi connectivity index (χ1n) is 7.52. The van der Waals surface area contributed by atoms with Gasteiger partial charge in [0.05, 0.1) is 5.69 Å². The number of anilines is 2. The molecule has 0 saturated heterocycles. The number of urea groups is 1. The normalized spacial score (nSPS) is 15.5. The van der Waals surface area contributed by atoms with Crippen molar-refractivity contribution in [3.8, 4) is 0 Å². The number of hydrogen-bond donors (Lipinski definition) is 2. The van der Waals surface area contributed by atoms with Crippen molar-refractivity contribution in [1.82, 2.24) is 5.32 Å². The SMILES string of the molecule is CC(=O)N(C(=O)NCC1CCCCC1)c1cccc(N)c1. The van der Waals surface area contributed by atoms with Gasteiger partial charge in [-0.1, -0.05) is 25.3 Å². The standard InChI is InChI=1S/C16H23N3O2/c1-12(20)19(15-9-5-8-14(17)10-15)16(21)18-11-13-6-3-2-4-7-13/h5,8-10,13H,2-4,6-7,11,17H2,1H3,(H,18,21). The lowest BCUT2D eigenvalue weighted by Gasteiger charge is -2.24. The number of amides is 3. The molecule has 3 amide bonds. The third-order valence-corrected chi connectivity index (χ3v) is 3.91. The molecule has 114 valence electrons. The zero-order chi connectivity index (χ0) is 15.2. The van der Waals surface area contributed by atoms with E-state index in [-0.39, 0.29) is 11.9 Å². The molecule has 3 N–H and O–H groups in total. The first kappa shape index (κ1) is 15.4. The highest BCUT2D eigenvalue weighted by Crippen LogP contribution is 2.23. The Kier molecular flexibility index (Phi) is 5.20. The number of rotatable bonds is 3. The van der Waals surface area contributed by atoms with Gasteiger partial charge in [0, 0.05) is 19.2 Å². The molecule has 1 fully saturated rings. The Bertz CT molecular complexity index is 510. The minimum atomic E-state index is -0.376. The lowest BCUT2D eigenvalue weighted by Crippen LogP contribution is -2.44. The van der Waals surface area contributed by atoms with Crippen LogP contribution in [0.2, 0.25) is 0 Å². The second-order valence-corrected chi connectivity index (χ2v) is 5.64. The predicted molar refractivity (Wildman–Crippen MR) is 84.0 cm³/mol. The summed E-state index contributed by atoms with van der Waals surface area (Å²) in [7, 11) is 0. The van der Waals surface area contributed by atoms with Crippen LogP contribution in [0.1, 0.15) is 39.0 Å². The van der Waals surface area contributed by atoms with Crippen LogP contribution in [-0.4, -0.2) is 18.5 Å². The number of nitrogens with one attached hydrogen (secondary N) is 1. The number of carbonyl (C=O) groups excluding carboxylic acids is 2. The molecule has 1 aliphatic carbocycles. The minimum Gasteiger partial charge on any atom is -0.399 e. The molecule has 1 aliphatic rings. The summed E-state index contributed by atoms with van der Waals surface area (Å²) < 4.78 is 0. The molecule has 0 bridgehead atoms. The maximum Gasteiger partial charge on any atom is 0.328 e. The van der Waals surface area contributed by atoms with Gasteiger partial charge in [-0.15, -0.1) is 0 Å². The van der Waals surface area contributed by atoms with Crippen LogP contribution < -0.4 is 16.0 Å². The summed E-state index contributed by atoms with van der Waals surface area (Å²) >= 11 is 0. The van der Waals surface area contributed by atoms with E-state index in [1.54, 1.807) is 24.3 Å². The van der Waals surface area contributed by atoms with Crippen molar-refractivity contribution in [3.63, 3.8) is 0 Å². The van der Waals surface area contributed by atoms with E-state index in [0.717, 1.165) is 17.7 Å². The van der Waals surface area contributed by atoms with Crippen molar-refractivity contribution in [2.45, 2.75) is 39.0 Å². The molecule has 5 heteroatoms. The number of imide groups is 1. The molecule has 1 aromatic carbocycles. The third-order valence-electron chi connectivity index (χ3n) is 3.91. The molecule has 2 rings (SSSR count). The molecule has 1 aromatic rings. The largest absolute Gasteiger partial charge is 0.399 e.